The van der Waals surface area contributed by atoms with Crippen LogP contribution in [0.25, 0.3) is 10.9 Å². The van der Waals surface area contributed by atoms with Crippen LogP contribution in [0.15, 0.2) is 36.5 Å². The van der Waals surface area contributed by atoms with Crippen LogP contribution in [0.1, 0.15) is 38.5 Å². The lowest BCUT2D eigenvalue weighted by molar-refractivity contribution is 0.185. The van der Waals surface area contributed by atoms with Crippen LogP contribution >= 0.6 is 0 Å². The molecule has 0 bridgehead atoms. The van der Waals surface area contributed by atoms with Crippen LogP contribution in [0.2, 0.25) is 0 Å². The van der Waals surface area contributed by atoms with E-state index >= 15 is 0 Å². The van der Waals surface area contributed by atoms with Gasteiger partial charge in [0.2, 0.25) is 0 Å². The number of hydrogen-bond acceptors (Lipinski definition) is 2. The molecule has 1 atom stereocenters. The smallest absolute Gasteiger partial charge is 0.321 e. The summed E-state index contributed by atoms with van der Waals surface area (Å²) in [5.41, 5.74) is 1.67. The number of pyridine rings is 1. The van der Waals surface area contributed by atoms with Gasteiger partial charge >= 0.3 is 6.03 Å². The van der Waals surface area contributed by atoms with Crippen LogP contribution in [0.5, 0.6) is 0 Å². The summed E-state index contributed by atoms with van der Waals surface area (Å²) in [6.07, 6.45) is 9.27. The highest BCUT2D eigenvalue weighted by Gasteiger charge is 2.35. The van der Waals surface area contributed by atoms with Crippen molar-refractivity contribution in [1.29, 1.82) is 0 Å². The van der Waals surface area contributed by atoms with E-state index in [1.807, 2.05) is 30.3 Å². The molecule has 0 unspecified atom stereocenters. The summed E-state index contributed by atoms with van der Waals surface area (Å²) in [5.74, 6) is 0.703. The molecule has 1 saturated carbocycles. The molecule has 2 fully saturated rings. The number of fused-ring (bicyclic) bond motifs is 1. The Balaban J connectivity index is 1.54. The van der Waals surface area contributed by atoms with Crippen molar-refractivity contribution in [3.8, 4) is 0 Å². The molecule has 2 aromatic rings. The highest BCUT2D eigenvalue weighted by molar-refractivity contribution is 5.99. The highest BCUT2D eigenvalue weighted by atomic mass is 16.2. The first kappa shape index (κ1) is 14.5. The molecule has 4 heteroatoms. The van der Waals surface area contributed by atoms with Gasteiger partial charge in [-0.05, 0) is 43.7 Å². The van der Waals surface area contributed by atoms with Crippen LogP contribution in [-0.2, 0) is 0 Å². The number of hydrogen-bond donors (Lipinski definition) is 1. The van der Waals surface area contributed by atoms with Crippen LogP contribution in [-0.4, -0.2) is 28.5 Å². The number of para-hydroxylation sites is 1. The minimum absolute atomic E-state index is 0.0394. The van der Waals surface area contributed by atoms with Crippen molar-refractivity contribution in [2.45, 2.75) is 44.6 Å². The highest BCUT2D eigenvalue weighted by Crippen LogP contribution is 2.35. The van der Waals surface area contributed by atoms with Gasteiger partial charge < -0.3 is 10.2 Å². The van der Waals surface area contributed by atoms with Crippen LogP contribution in [0, 0.1) is 5.92 Å². The normalized spacial score (nSPS) is 21.9. The standard InChI is InChI=1S/C19H23N3O/c23-19(22-13-5-11-17(22)14-6-1-2-7-14)21-16-10-3-8-15-9-4-12-20-18(15)16/h3-4,8-10,12,14,17H,1-2,5-7,11,13H2,(H,21,23)/t17-/m1/s1. The summed E-state index contributed by atoms with van der Waals surface area (Å²) >= 11 is 0. The van der Waals surface area contributed by atoms with E-state index < -0.39 is 0 Å². The molecule has 1 aromatic heterocycles. The summed E-state index contributed by atoms with van der Waals surface area (Å²) in [5, 5.41) is 4.16. The van der Waals surface area contributed by atoms with Gasteiger partial charge in [0.05, 0.1) is 11.2 Å². The average molecular weight is 309 g/mol. The maximum Gasteiger partial charge on any atom is 0.322 e. The molecule has 0 spiro atoms. The Labute approximate surface area is 136 Å². The second kappa shape index (κ2) is 6.19. The monoisotopic (exact) mass is 309 g/mol. The quantitative estimate of drug-likeness (QED) is 0.892. The SMILES string of the molecule is O=C(Nc1cccc2cccnc12)N1CCC[C@@H]1C1CCCC1. The van der Waals surface area contributed by atoms with Gasteiger partial charge in [-0.3, -0.25) is 4.98 Å². The van der Waals surface area contributed by atoms with Gasteiger partial charge in [0, 0.05) is 24.2 Å². The fourth-order valence-corrected chi connectivity index (χ4v) is 4.27. The third-order valence-corrected chi connectivity index (χ3v) is 5.38. The van der Waals surface area contributed by atoms with E-state index in [-0.39, 0.29) is 6.03 Å². The van der Waals surface area contributed by atoms with Gasteiger partial charge in [0.25, 0.3) is 0 Å². The van der Waals surface area contributed by atoms with Gasteiger partial charge in [-0.2, -0.15) is 0 Å². The minimum atomic E-state index is 0.0394. The lowest BCUT2D eigenvalue weighted by Crippen LogP contribution is -2.42. The van der Waals surface area contributed by atoms with Gasteiger partial charge in [0.1, 0.15) is 0 Å². The van der Waals surface area contributed by atoms with Crippen molar-refractivity contribution in [2.75, 3.05) is 11.9 Å². The topological polar surface area (TPSA) is 45.2 Å². The van der Waals surface area contributed by atoms with Crippen LogP contribution < -0.4 is 5.32 Å². The van der Waals surface area contributed by atoms with E-state index in [0.717, 1.165) is 36.0 Å². The summed E-state index contributed by atoms with van der Waals surface area (Å²) in [6, 6.07) is 10.3. The van der Waals surface area contributed by atoms with E-state index in [9.17, 15) is 4.79 Å². The van der Waals surface area contributed by atoms with Gasteiger partial charge in [-0.25, -0.2) is 4.79 Å². The Morgan fingerprint density at radius 3 is 2.78 bits per heavy atom. The predicted molar refractivity (Wildman–Crippen MR) is 92.4 cm³/mol. The zero-order valence-corrected chi connectivity index (χ0v) is 13.4. The Hall–Kier alpha value is -2.10. The predicted octanol–water partition coefficient (Wildman–Crippen LogP) is 4.42. The molecule has 23 heavy (non-hydrogen) atoms. The van der Waals surface area contributed by atoms with E-state index in [4.69, 9.17) is 0 Å². The number of benzene rings is 1. The molecule has 1 saturated heterocycles. The molecule has 1 aliphatic heterocycles. The number of likely N-dealkylation sites (tertiary alicyclic amines) is 1. The summed E-state index contributed by atoms with van der Waals surface area (Å²) in [6.45, 7) is 0.880. The molecule has 1 aliphatic carbocycles. The number of carbonyl (C=O) groups is 1. The summed E-state index contributed by atoms with van der Waals surface area (Å²) < 4.78 is 0. The van der Waals surface area contributed by atoms with Gasteiger partial charge in [0.15, 0.2) is 0 Å². The molecule has 4 nitrogen and oxygen atoms in total. The van der Waals surface area contributed by atoms with Crippen molar-refractivity contribution >= 4 is 22.6 Å². The molecule has 2 amide bonds. The number of aromatic nitrogens is 1. The first-order valence-corrected chi connectivity index (χ1v) is 8.74. The van der Waals surface area contributed by atoms with Crippen molar-refractivity contribution < 1.29 is 4.79 Å². The van der Waals surface area contributed by atoms with Crippen molar-refractivity contribution in [3.63, 3.8) is 0 Å². The molecule has 1 N–H and O–H groups in total. The fraction of sp³-hybridized carbons (Fsp3) is 0.474. The van der Waals surface area contributed by atoms with E-state index in [1.54, 1.807) is 6.20 Å². The first-order valence-electron chi connectivity index (χ1n) is 8.74. The Morgan fingerprint density at radius 2 is 1.91 bits per heavy atom. The zero-order valence-electron chi connectivity index (χ0n) is 13.4. The van der Waals surface area contributed by atoms with E-state index in [0.29, 0.717) is 12.0 Å². The Bertz CT molecular complexity index is 703. The molecule has 120 valence electrons. The lowest BCUT2D eigenvalue weighted by Gasteiger charge is -2.29. The Morgan fingerprint density at radius 1 is 1.09 bits per heavy atom. The number of rotatable bonds is 2. The van der Waals surface area contributed by atoms with Crippen LogP contribution in [0.3, 0.4) is 0 Å². The van der Waals surface area contributed by atoms with Crippen molar-refractivity contribution in [3.05, 3.63) is 36.5 Å². The van der Waals surface area contributed by atoms with Gasteiger partial charge in [-0.1, -0.05) is 31.0 Å². The second-order valence-electron chi connectivity index (χ2n) is 6.76. The summed E-state index contributed by atoms with van der Waals surface area (Å²) in [7, 11) is 0. The molecule has 1 aromatic carbocycles. The molecule has 4 rings (SSSR count). The zero-order chi connectivity index (χ0) is 15.6. The third kappa shape index (κ3) is 2.78. The maximum atomic E-state index is 12.8. The second-order valence-corrected chi connectivity index (χ2v) is 6.76. The molecule has 0 radical (unpaired) electrons. The number of anilines is 1. The van der Waals surface area contributed by atoms with Crippen LogP contribution in [0.4, 0.5) is 10.5 Å². The Kier molecular flexibility index (Phi) is 3.90. The number of nitrogens with zero attached hydrogens (tertiary/aromatic N) is 2. The van der Waals surface area contributed by atoms with E-state index in [2.05, 4.69) is 15.2 Å². The third-order valence-electron chi connectivity index (χ3n) is 5.38. The fourth-order valence-electron chi connectivity index (χ4n) is 4.27. The lowest BCUT2D eigenvalue weighted by atomic mass is 9.96. The first-order chi connectivity index (χ1) is 11.3. The number of nitrogens with one attached hydrogen (secondary N) is 1. The molecule has 2 heterocycles. The minimum Gasteiger partial charge on any atom is -0.321 e. The molecular formula is C19H23N3O. The number of urea groups is 1. The van der Waals surface area contributed by atoms with Crippen molar-refractivity contribution in [1.82, 2.24) is 9.88 Å². The van der Waals surface area contributed by atoms with Gasteiger partial charge in [-0.15, -0.1) is 0 Å². The number of amides is 2. The van der Waals surface area contributed by atoms with E-state index in [1.165, 1.54) is 25.7 Å². The largest absolute Gasteiger partial charge is 0.322 e. The van der Waals surface area contributed by atoms with Crippen molar-refractivity contribution in [2.24, 2.45) is 5.92 Å². The molecule has 2 aliphatic rings. The molecular weight excluding hydrogens is 286 g/mol. The average Bonchev–Trinajstić information content (AvgIpc) is 3.26. The summed E-state index contributed by atoms with van der Waals surface area (Å²) in [4.78, 5) is 19.3. The maximum absolute atomic E-state index is 12.8. The number of carbonyl (C=O) groups excluding carboxylic acids is 1.